The van der Waals surface area contributed by atoms with E-state index >= 15 is 0 Å². The van der Waals surface area contributed by atoms with Crippen LogP contribution in [0.15, 0.2) is 67.0 Å². The van der Waals surface area contributed by atoms with E-state index in [1.54, 1.807) is 35.5 Å². The lowest BCUT2D eigenvalue weighted by Gasteiger charge is -2.32. The minimum Gasteiger partial charge on any atom is -0.338 e. The van der Waals surface area contributed by atoms with Gasteiger partial charge in [0, 0.05) is 44.3 Å². The first kappa shape index (κ1) is 28.4. The third-order valence-electron chi connectivity index (χ3n) is 7.02. The van der Waals surface area contributed by atoms with Crippen LogP contribution in [0, 0.1) is 18.7 Å². The number of hydrogen-bond acceptors (Lipinski definition) is 4. The van der Waals surface area contributed by atoms with Crippen molar-refractivity contribution in [2.75, 3.05) is 37.6 Å². The van der Waals surface area contributed by atoms with Crippen LogP contribution in [0.25, 0.3) is 0 Å². The van der Waals surface area contributed by atoms with Crippen LogP contribution < -0.4 is 4.90 Å². The summed E-state index contributed by atoms with van der Waals surface area (Å²) in [5, 5.41) is 0. The summed E-state index contributed by atoms with van der Waals surface area (Å²) in [6.45, 7) is 10.4. The van der Waals surface area contributed by atoms with Crippen molar-refractivity contribution in [2.45, 2.75) is 46.6 Å². The van der Waals surface area contributed by atoms with Crippen LogP contribution in [0.5, 0.6) is 0 Å². The highest BCUT2D eigenvalue weighted by molar-refractivity contribution is 6.06. The number of carbonyl (C=O) groups is 2. The van der Waals surface area contributed by atoms with Crippen LogP contribution in [0.3, 0.4) is 0 Å². The minimum atomic E-state index is -0.385. The first-order valence-corrected chi connectivity index (χ1v) is 13.9. The molecule has 3 aromatic rings. The normalized spacial score (nSPS) is 15.4. The van der Waals surface area contributed by atoms with E-state index in [-0.39, 0.29) is 30.6 Å². The van der Waals surface area contributed by atoms with Crippen LogP contribution in [0.4, 0.5) is 10.1 Å². The molecule has 0 spiro atoms. The van der Waals surface area contributed by atoms with Crippen molar-refractivity contribution >= 4 is 17.5 Å². The van der Waals surface area contributed by atoms with E-state index in [2.05, 4.69) is 23.7 Å². The first-order valence-electron chi connectivity index (χ1n) is 13.9. The third kappa shape index (κ3) is 7.96. The molecule has 1 aromatic heterocycles. The van der Waals surface area contributed by atoms with Crippen molar-refractivity contribution in [1.82, 2.24) is 14.8 Å². The van der Waals surface area contributed by atoms with Crippen LogP contribution >= 0.6 is 0 Å². The Morgan fingerprint density at radius 3 is 2.49 bits per heavy atom. The zero-order valence-electron chi connectivity index (χ0n) is 23.3. The summed E-state index contributed by atoms with van der Waals surface area (Å²) < 4.78 is 14.6. The molecule has 0 saturated carbocycles. The van der Waals surface area contributed by atoms with Crippen molar-refractivity contribution in [2.24, 2.45) is 5.92 Å². The quantitative estimate of drug-likeness (QED) is 0.437. The number of pyridine rings is 1. The molecule has 0 saturated heterocycles. The van der Waals surface area contributed by atoms with E-state index in [0.29, 0.717) is 35.8 Å². The number of nitrogens with zero attached hydrogens (tertiary/aromatic N) is 4. The number of aryl methyl sites for hydroxylation is 1. The summed E-state index contributed by atoms with van der Waals surface area (Å²) in [4.78, 5) is 37.4. The fourth-order valence-corrected chi connectivity index (χ4v) is 5.28. The van der Waals surface area contributed by atoms with Gasteiger partial charge in [0.2, 0.25) is 5.91 Å². The number of fused-ring (bicyclic) bond motifs is 1. The second-order valence-electron chi connectivity index (χ2n) is 10.9. The SMILES string of the molecule is Cc1cccc(CC(=O)N2CCCN(CC(C)C)CCCN(C(=O)c3cccnc3)c3ccc(F)cc3C2)c1. The lowest BCUT2D eigenvalue weighted by molar-refractivity contribution is -0.131. The molecule has 4 rings (SSSR count). The van der Waals surface area contributed by atoms with Gasteiger partial charge in [0.1, 0.15) is 5.82 Å². The standard InChI is InChI=1S/C32H39FN4O2/c1-24(2)22-35-14-6-16-36(31(38)19-26-9-4-8-25(3)18-26)23-28-20-29(33)11-12-30(28)37(17-7-15-35)32(39)27-10-5-13-34-21-27/h4-5,8-13,18,20-21,24H,6-7,14-17,19,22-23H2,1-3H3. The molecule has 0 unspecified atom stereocenters. The average Bonchev–Trinajstić information content (AvgIpc) is 2.90. The van der Waals surface area contributed by atoms with Gasteiger partial charge in [0.15, 0.2) is 0 Å². The minimum absolute atomic E-state index is 0.00610. The topological polar surface area (TPSA) is 56.8 Å². The van der Waals surface area contributed by atoms with Crippen LogP contribution in [0.2, 0.25) is 0 Å². The molecule has 0 N–H and O–H groups in total. The number of anilines is 1. The van der Waals surface area contributed by atoms with Crippen LogP contribution in [-0.4, -0.2) is 59.3 Å². The van der Waals surface area contributed by atoms with Crippen molar-refractivity contribution in [1.29, 1.82) is 0 Å². The van der Waals surface area contributed by atoms with Gasteiger partial charge < -0.3 is 14.7 Å². The van der Waals surface area contributed by atoms with Crippen molar-refractivity contribution in [3.8, 4) is 0 Å². The van der Waals surface area contributed by atoms with Crippen LogP contribution in [-0.2, 0) is 17.8 Å². The highest BCUT2D eigenvalue weighted by Gasteiger charge is 2.25. The van der Waals surface area contributed by atoms with Gasteiger partial charge in [-0.2, -0.15) is 0 Å². The van der Waals surface area contributed by atoms with E-state index in [9.17, 15) is 14.0 Å². The van der Waals surface area contributed by atoms with E-state index in [4.69, 9.17) is 0 Å². The molecule has 2 aromatic carbocycles. The Morgan fingerprint density at radius 2 is 1.77 bits per heavy atom. The Hall–Kier alpha value is -3.58. The van der Waals surface area contributed by atoms with Gasteiger partial charge >= 0.3 is 0 Å². The van der Waals surface area contributed by atoms with Crippen molar-refractivity contribution < 1.29 is 14.0 Å². The van der Waals surface area contributed by atoms with Gasteiger partial charge in [-0.1, -0.05) is 43.7 Å². The lowest BCUT2D eigenvalue weighted by Crippen LogP contribution is -2.40. The number of rotatable bonds is 5. The van der Waals surface area contributed by atoms with Gasteiger partial charge in [0.25, 0.3) is 5.91 Å². The second-order valence-corrected chi connectivity index (χ2v) is 10.9. The number of aromatic nitrogens is 1. The van der Waals surface area contributed by atoms with Gasteiger partial charge in [-0.25, -0.2) is 4.39 Å². The largest absolute Gasteiger partial charge is 0.338 e. The van der Waals surface area contributed by atoms with Crippen molar-refractivity contribution in [3.05, 3.63) is 95.1 Å². The molecule has 206 valence electrons. The van der Waals surface area contributed by atoms with E-state index in [0.717, 1.165) is 43.6 Å². The van der Waals surface area contributed by atoms with Gasteiger partial charge in [-0.3, -0.25) is 14.6 Å². The lowest BCUT2D eigenvalue weighted by atomic mass is 10.1. The molecule has 0 bridgehead atoms. The molecule has 6 nitrogen and oxygen atoms in total. The molecule has 1 aliphatic heterocycles. The molecule has 7 heteroatoms. The molecule has 39 heavy (non-hydrogen) atoms. The van der Waals surface area contributed by atoms with Crippen LogP contribution in [0.1, 0.15) is 53.7 Å². The molecule has 0 fully saturated rings. The van der Waals surface area contributed by atoms with Gasteiger partial charge in [-0.05, 0) is 80.2 Å². The number of halogens is 1. The predicted octanol–water partition coefficient (Wildman–Crippen LogP) is 5.50. The van der Waals surface area contributed by atoms with E-state index in [1.165, 1.54) is 12.1 Å². The molecular weight excluding hydrogens is 491 g/mol. The molecule has 2 amide bonds. The number of amides is 2. The van der Waals surface area contributed by atoms with Gasteiger partial charge in [-0.15, -0.1) is 0 Å². The zero-order valence-corrected chi connectivity index (χ0v) is 23.3. The third-order valence-corrected chi connectivity index (χ3v) is 7.02. The Kier molecular flexibility index (Phi) is 9.82. The number of benzene rings is 2. The smallest absolute Gasteiger partial charge is 0.259 e. The maximum Gasteiger partial charge on any atom is 0.259 e. The number of hydrogen-bond donors (Lipinski definition) is 0. The summed E-state index contributed by atoms with van der Waals surface area (Å²) >= 11 is 0. The predicted molar refractivity (Wildman–Crippen MR) is 153 cm³/mol. The molecule has 0 aliphatic carbocycles. The Morgan fingerprint density at radius 1 is 0.974 bits per heavy atom. The summed E-state index contributed by atoms with van der Waals surface area (Å²) in [5.41, 5.74) is 3.81. The summed E-state index contributed by atoms with van der Waals surface area (Å²) in [7, 11) is 0. The molecular formula is C32H39FN4O2. The summed E-state index contributed by atoms with van der Waals surface area (Å²) in [6, 6.07) is 16.0. The average molecular weight is 531 g/mol. The Balaban J connectivity index is 1.69. The monoisotopic (exact) mass is 530 g/mol. The number of carbonyl (C=O) groups excluding carboxylic acids is 2. The maximum atomic E-state index is 14.6. The first-order chi connectivity index (χ1) is 18.8. The highest BCUT2D eigenvalue weighted by Crippen LogP contribution is 2.27. The van der Waals surface area contributed by atoms with E-state index in [1.807, 2.05) is 36.1 Å². The fraction of sp³-hybridized carbons (Fsp3) is 0.406. The maximum absolute atomic E-state index is 14.6. The van der Waals surface area contributed by atoms with E-state index < -0.39 is 0 Å². The molecule has 0 radical (unpaired) electrons. The second kappa shape index (κ2) is 13.5. The summed E-state index contributed by atoms with van der Waals surface area (Å²) in [5.74, 6) is -0.0629. The molecule has 0 atom stereocenters. The molecule has 2 heterocycles. The Labute approximate surface area is 231 Å². The zero-order chi connectivity index (χ0) is 27.8. The Bertz CT molecular complexity index is 1260. The fourth-order valence-electron chi connectivity index (χ4n) is 5.28. The van der Waals surface area contributed by atoms with Crippen molar-refractivity contribution in [3.63, 3.8) is 0 Å². The molecule has 1 aliphatic rings. The highest BCUT2D eigenvalue weighted by atomic mass is 19.1. The summed E-state index contributed by atoms with van der Waals surface area (Å²) in [6.07, 6.45) is 5.09. The van der Waals surface area contributed by atoms with Gasteiger partial charge in [0.05, 0.1) is 12.0 Å².